The van der Waals surface area contributed by atoms with Crippen LogP contribution in [0, 0.1) is 17.8 Å². The quantitative estimate of drug-likeness (QED) is 0.0331. The van der Waals surface area contributed by atoms with E-state index in [1.54, 1.807) is 58.0 Å². The molecule has 486 valence electrons. The lowest BCUT2D eigenvalue weighted by Gasteiger charge is -2.29. The van der Waals surface area contributed by atoms with Crippen LogP contribution in [0.25, 0.3) is 0 Å². The summed E-state index contributed by atoms with van der Waals surface area (Å²) in [4.78, 5) is 155. The maximum atomic E-state index is 14.6. The van der Waals surface area contributed by atoms with Crippen molar-refractivity contribution in [2.45, 2.75) is 205 Å². The predicted molar refractivity (Wildman–Crippen MR) is 324 cm³/mol. The standard InChI is InChI=1S/C58H102N16O12/c1-8-35(6)14-12-13-17-47(76)65-38(18-24-59)55(83)74-48(36(7)75)58(86)70-42(22-28-63)51(79)69-43-23-29-64-49(77)44(30-33(2)3)71-52(80)40(20-26-61)66-50(78)39(19-25-60)68-56(84)45(31-34(4)5)72-57(85)46(32-37-15-10-9-11-16-37)73-53(81)41(21-27-62)67-54(43)82/h9-11,15-16,33-36,38-46,48,75H,8,12-14,17-32,59-63H2,1-7H3,(H,64,77)(H,65,76)(H,66,78)(H,67,82)(H,68,84)(H,69,79)(H,70,86)(H,71,80)(H,72,85)(H,73,81)(H,74,83)/t35-,36-,38+,39+,40-,41+,42+,43-,44+,45-,46-,48+/m0/s1. The minimum absolute atomic E-state index is 0.00468. The number of benzene rings is 1. The van der Waals surface area contributed by atoms with Gasteiger partial charge in [-0.25, -0.2) is 0 Å². The second-order valence-corrected chi connectivity index (χ2v) is 23.0. The Morgan fingerprint density at radius 1 is 0.535 bits per heavy atom. The van der Waals surface area contributed by atoms with Gasteiger partial charge in [0.25, 0.3) is 0 Å². The average molecular weight is 1220 g/mol. The number of unbranched alkanes of at least 4 members (excludes halogenated alkanes) is 1. The molecule has 0 aliphatic carbocycles. The van der Waals surface area contributed by atoms with Crippen molar-refractivity contribution in [3.8, 4) is 0 Å². The molecule has 12 atom stereocenters. The number of carbonyl (C=O) groups excluding carboxylic acids is 11. The van der Waals surface area contributed by atoms with Gasteiger partial charge in [0.2, 0.25) is 65.0 Å². The molecule has 22 N–H and O–H groups in total. The third-order valence-electron chi connectivity index (χ3n) is 14.5. The highest BCUT2D eigenvalue weighted by Crippen LogP contribution is 2.14. The van der Waals surface area contributed by atoms with E-state index in [0.29, 0.717) is 17.9 Å². The third kappa shape index (κ3) is 27.7. The van der Waals surface area contributed by atoms with Crippen LogP contribution >= 0.6 is 0 Å². The van der Waals surface area contributed by atoms with Crippen LogP contribution in [-0.4, -0.2) is 176 Å². The zero-order valence-corrected chi connectivity index (χ0v) is 51.4. The molecule has 28 heteroatoms. The van der Waals surface area contributed by atoms with E-state index in [0.717, 1.165) is 19.3 Å². The van der Waals surface area contributed by atoms with Gasteiger partial charge in [-0.05, 0) is 121 Å². The number of aliphatic hydroxyl groups excluding tert-OH is 1. The molecule has 0 aromatic heterocycles. The summed E-state index contributed by atoms with van der Waals surface area (Å²) in [5, 5.41) is 39.8. The van der Waals surface area contributed by atoms with Crippen LogP contribution in [0.5, 0.6) is 0 Å². The van der Waals surface area contributed by atoms with E-state index in [1.165, 1.54) is 6.92 Å². The summed E-state index contributed by atoms with van der Waals surface area (Å²) in [6.45, 7) is 11.8. The highest BCUT2D eigenvalue weighted by molar-refractivity contribution is 5.99. The summed E-state index contributed by atoms with van der Waals surface area (Å²) in [7, 11) is 0. The largest absolute Gasteiger partial charge is 0.391 e. The second-order valence-electron chi connectivity index (χ2n) is 23.0. The van der Waals surface area contributed by atoms with Crippen molar-refractivity contribution < 1.29 is 57.8 Å². The molecule has 28 nitrogen and oxygen atoms in total. The summed E-state index contributed by atoms with van der Waals surface area (Å²) < 4.78 is 0. The predicted octanol–water partition coefficient (Wildman–Crippen LogP) is -3.58. The lowest BCUT2D eigenvalue weighted by Crippen LogP contribution is -2.62. The Labute approximate surface area is 506 Å². The SMILES string of the molecule is CC[C@H](C)CCCCC(=O)N[C@H](CCN)C(=O)N[C@@H](C(=O)N[C@H](CCN)C(=O)N[C@H]1CCNC(=O)[C@@H](CC(C)C)NC(=O)[C@H](CCN)NC(=O)[C@@H](CCN)NC(=O)[C@H](CC(C)C)NC(=O)[C@H](Cc2ccccc2)NC(=O)[C@@H](CCN)NC1=O)[C@H](C)O. The van der Waals surface area contributed by atoms with E-state index in [4.69, 9.17) is 28.7 Å². The van der Waals surface area contributed by atoms with E-state index >= 15 is 0 Å². The molecule has 86 heavy (non-hydrogen) atoms. The second kappa shape index (κ2) is 40.5. The van der Waals surface area contributed by atoms with E-state index in [-0.39, 0.29) is 115 Å². The third-order valence-corrected chi connectivity index (χ3v) is 14.5. The van der Waals surface area contributed by atoms with E-state index in [1.807, 2.05) is 0 Å². The topological polar surface area (TPSA) is 470 Å². The summed E-state index contributed by atoms with van der Waals surface area (Å²) in [5.74, 6) is -8.87. The Kier molecular flexibility index (Phi) is 35.5. The average Bonchev–Trinajstić information content (AvgIpc) is 3.67. The molecule has 0 radical (unpaired) electrons. The van der Waals surface area contributed by atoms with Crippen LogP contribution in [-0.2, 0) is 59.2 Å². The molecule has 1 aromatic rings. The molecular weight excluding hydrogens is 1110 g/mol. The Morgan fingerprint density at radius 2 is 0.988 bits per heavy atom. The van der Waals surface area contributed by atoms with Crippen molar-refractivity contribution in [2.75, 3.05) is 39.3 Å². The molecule has 0 unspecified atom stereocenters. The highest BCUT2D eigenvalue weighted by Gasteiger charge is 2.37. The van der Waals surface area contributed by atoms with Crippen LogP contribution in [0.1, 0.15) is 138 Å². The van der Waals surface area contributed by atoms with E-state index in [2.05, 4.69) is 72.3 Å². The van der Waals surface area contributed by atoms with Gasteiger partial charge < -0.3 is 92.3 Å². The fraction of sp³-hybridized carbons (Fsp3) is 0.707. The van der Waals surface area contributed by atoms with Gasteiger partial charge in [0, 0.05) is 19.4 Å². The van der Waals surface area contributed by atoms with E-state index < -0.39 is 132 Å². The summed E-state index contributed by atoms with van der Waals surface area (Å²) >= 11 is 0. The minimum Gasteiger partial charge on any atom is -0.391 e. The van der Waals surface area contributed by atoms with Crippen molar-refractivity contribution in [1.82, 2.24) is 58.5 Å². The van der Waals surface area contributed by atoms with Crippen molar-refractivity contribution in [1.29, 1.82) is 0 Å². The molecule has 0 saturated carbocycles. The number of aliphatic hydroxyl groups is 1. The Bertz CT molecular complexity index is 2330. The molecule has 1 aliphatic rings. The van der Waals surface area contributed by atoms with Gasteiger partial charge in [-0.3, -0.25) is 52.7 Å². The maximum absolute atomic E-state index is 14.6. The molecule has 11 amide bonds. The highest BCUT2D eigenvalue weighted by atomic mass is 16.3. The monoisotopic (exact) mass is 1210 g/mol. The smallest absolute Gasteiger partial charge is 0.245 e. The van der Waals surface area contributed by atoms with Gasteiger partial charge in [-0.1, -0.05) is 91.1 Å². The zero-order chi connectivity index (χ0) is 64.5. The molecule has 1 aromatic carbocycles. The Morgan fingerprint density at radius 3 is 1.47 bits per heavy atom. The number of hydrogen-bond donors (Lipinski definition) is 17. The van der Waals surface area contributed by atoms with Gasteiger partial charge in [0.1, 0.15) is 60.4 Å². The van der Waals surface area contributed by atoms with Gasteiger partial charge in [-0.15, -0.1) is 0 Å². The first kappa shape index (κ1) is 75.2. The number of carbonyl (C=O) groups is 11. The summed E-state index contributed by atoms with van der Waals surface area (Å²) in [6, 6.07) is -5.32. The maximum Gasteiger partial charge on any atom is 0.245 e. The van der Waals surface area contributed by atoms with Crippen LogP contribution in [0.4, 0.5) is 0 Å². The Balaban J connectivity index is 2.69. The van der Waals surface area contributed by atoms with Gasteiger partial charge in [0.15, 0.2) is 0 Å². The van der Waals surface area contributed by atoms with Gasteiger partial charge >= 0.3 is 0 Å². The van der Waals surface area contributed by atoms with E-state index in [9.17, 15) is 57.8 Å². The fourth-order valence-corrected chi connectivity index (χ4v) is 9.45. The lowest BCUT2D eigenvalue weighted by molar-refractivity contribution is -0.137. The van der Waals surface area contributed by atoms with Crippen LogP contribution < -0.4 is 87.2 Å². The van der Waals surface area contributed by atoms with Crippen molar-refractivity contribution in [2.24, 2.45) is 46.4 Å². The molecule has 1 fully saturated rings. The molecule has 1 saturated heterocycles. The first-order valence-electron chi connectivity index (χ1n) is 30.4. The van der Waals surface area contributed by atoms with Gasteiger partial charge in [-0.2, -0.15) is 0 Å². The minimum atomic E-state index is -1.68. The number of rotatable bonds is 30. The number of nitrogens with two attached hydrogens (primary N) is 5. The fourth-order valence-electron chi connectivity index (χ4n) is 9.45. The number of hydrogen-bond acceptors (Lipinski definition) is 17. The first-order valence-corrected chi connectivity index (χ1v) is 30.4. The molecule has 1 aliphatic heterocycles. The van der Waals surface area contributed by atoms with Crippen LogP contribution in [0.3, 0.4) is 0 Å². The molecule has 0 bridgehead atoms. The molecule has 0 spiro atoms. The Hall–Kier alpha value is -6.85. The first-order chi connectivity index (χ1) is 40.8. The zero-order valence-electron chi connectivity index (χ0n) is 51.4. The van der Waals surface area contributed by atoms with Crippen molar-refractivity contribution >= 4 is 65.0 Å². The molecule has 1 heterocycles. The summed E-state index contributed by atoms with van der Waals surface area (Å²) in [5.41, 5.74) is 30.1. The normalized spacial score (nSPS) is 22.5. The number of nitrogens with one attached hydrogen (secondary N) is 11. The molecule has 2 rings (SSSR count). The molecular formula is C58H102N16O12. The van der Waals surface area contributed by atoms with Crippen molar-refractivity contribution in [3.63, 3.8) is 0 Å². The van der Waals surface area contributed by atoms with Crippen LogP contribution in [0.2, 0.25) is 0 Å². The number of amides is 11. The van der Waals surface area contributed by atoms with Crippen LogP contribution in [0.15, 0.2) is 30.3 Å². The lowest BCUT2D eigenvalue weighted by atomic mass is 10.00. The van der Waals surface area contributed by atoms with Crippen molar-refractivity contribution in [3.05, 3.63) is 35.9 Å². The van der Waals surface area contributed by atoms with Gasteiger partial charge in [0.05, 0.1) is 6.10 Å². The summed E-state index contributed by atoms with van der Waals surface area (Å²) in [6.07, 6.45) is 0.991.